The lowest BCUT2D eigenvalue weighted by Crippen LogP contribution is -2.53. The Bertz CT molecular complexity index is 1710. The fourth-order valence-electron chi connectivity index (χ4n) is 5.06. The van der Waals surface area contributed by atoms with Gasteiger partial charge in [-0.15, -0.1) is 0 Å². The molecule has 0 unspecified atom stereocenters. The van der Waals surface area contributed by atoms with Gasteiger partial charge < -0.3 is 10.2 Å². The fourth-order valence-corrected chi connectivity index (χ4v) is 6.69. The zero-order chi connectivity index (χ0) is 31.9. The molecular formula is C35H38ClN3O4S. The molecule has 1 N–H and O–H groups in total. The topological polar surface area (TPSA) is 86.8 Å². The number of amides is 2. The third-order valence-corrected chi connectivity index (χ3v) is 9.39. The summed E-state index contributed by atoms with van der Waals surface area (Å²) in [4.78, 5) is 29.6. The van der Waals surface area contributed by atoms with Crippen molar-refractivity contribution in [3.63, 3.8) is 0 Å². The Kier molecular flexibility index (Phi) is 10.8. The first kappa shape index (κ1) is 32.8. The van der Waals surface area contributed by atoms with Gasteiger partial charge in [-0.3, -0.25) is 13.9 Å². The summed E-state index contributed by atoms with van der Waals surface area (Å²) < 4.78 is 29.5. The van der Waals surface area contributed by atoms with Crippen molar-refractivity contribution in [2.45, 2.75) is 51.6 Å². The molecule has 0 fully saturated rings. The Hall–Kier alpha value is -4.14. The summed E-state index contributed by atoms with van der Waals surface area (Å²) in [5.41, 5.74) is 4.53. The van der Waals surface area contributed by atoms with E-state index in [0.717, 1.165) is 26.6 Å². The number of anilines is 1. The summed E-state index contributed by atoms with van der Waals surface area (Å²) in [6.07, 6.45) is 0.255. The summed E-state index contributed by atoms with van der Waals surface area (Å²) in [6.45, 7) is 7.38. The number of nitrogens with zero attached hydrogens (tertiary/aromatic N) is 2. The van der Waals surface area contributed by atoms with Crippen molar-refractivity contribution >= 4 is 39.1 Å². The van der Waals surface area contributed by atoms with E-state index in [1.807, 2.05) is 75.4 Å². The molecule has 2 amide bonds. The highest BCUT2D eigenvalue weighted by atomic mass is 35.5. The standard InChI is InChI=1S/C35H38ClN3O4S/c1-5-37-35(41)33(21-28-11-7-6-8-12-28)38(23-29-13-9-10-26(3)20-29)34(40)24-39(32-22-30(36)17-16-27(32)4)44(42,43)31-18-14-25(2)15-19-31/h6-20,22,33H,5,21,23-24H2,1-4H3,(H,37,41)/t33-/m0/s1. The van der Waals surface area contributed by atoms with Crippen LogP contribution in [0.25, 0.3) is 0 Å². The van der Waals surface area contributed by atoms with E-state index in [4.69, 9.17) is 11.6 Å². The summed E-state index contributed by atoms with van der Waals surface area (Å²) >= 11 is 6.35. The van der Waals surface area contributed by atoms with Crippen LogP contribution in [0.4, 0.5) is 5.69 Å². The van der Waals surface area contributed by atoms with Gasteiger partial charge in [0.1, 0.15) is 12.6 Å². The molecule has 9 heteroatoms. The van der Waals surface area contributed by atoms with Gasteiger partial charge in [-0.05, 0) is 68.7 Å². The molecule has 4 rings (SSSR count). The lowest BCUT2D eigenvalue weighted by atomic mass is 10.0. The van der Waals surface area contributed by atoms with E-state index in [1.165, 1.54) is 17.0 Å². The van der Waals surface area contributed by atoms with Gasteiger partial charge in [0.2, 0.25) is 11.8 Å². The van der Waals surface area contributed by atoms with E-state index in [9.17, 15) is 18.0 Å². The Morgan fingerprint density at radius 3 is 2.16 bits per heavy atom. The number of likely N-dealkylation sites (N-methyl/N-ethyl adjacent to an activating group) is 1. The lowest BCUT2D eigenvalue weighted by Gasteiger charge is -2.34. The molecule has 230 valence electrons. The normalized spacial score (nSPS) is 11.9. The van der Waals surface area contributed by atoms with E-state index in [-0.39, 0.29) is 23.8 Å². The predicted molar refractivity (Wildman–Crippen MR) is 176 cm³/mol. The monoisotopic (exact) mass is 631 g/mol. The zero-order valence-electron chi connectivity index (χ0n) is 25.5. The largest absolute Gasteiger partial charge is 0.355 e. The molecule has 0 aliphatic heterocycles. The van der Waals surface area contributed by atoms with Crippen LogP contribution in [0.15, 0.2) is 102 Å². The first-order valence-corrected chi connectivity index (χ1v) is 16.3. The van der Waals surface area contributed by atoms with Crippen LogP contribution in [-0.4, -0.2) is 44.3 Å². The van der Waals surface area contributed by atoms with Crippen molar-refractivity contribution in [1.29, 1.82) is 0 Å². The van der Waals surface area contributed by atoms with Crippen LogP contribution in [0.2, 0.25) is 5.02 Å². The van der Waals surface area contributed by atoms with Gasteiger partial charge in [0.05, 0.1) is 10.6 Å². The van der Waals surface area contributed by atoms with E-state index >= 15 is 0 Å². The number of hydrogen-bond acceptors (Lipinski definition) is 4. The lowest BCUT2D eigenvalue weighted by molar-refractivity contribution is -0.140. The van der Waals surface area contributed by atoms with Gasteiger partial charge in [0.25, 0.3) is 10.0 Å². The predicted octanol–water partition coefficient (Wildman–Crippen LogP) is 6.24. The molecule has 0 radical (unpaired) electrons. The van der Waals surface area contributed by atoms with Crippen LogP contribution in [0.1, 0.15) is 34.7 Å². The molecule has 0 aliphatic carbocycles. The van der Waals surface area contributed by atoms with Crippen molar-refractivity contribution in [3.8, 4) is 0 Å². The van der Waals surface area contributed by atoms with E-state index in [2.05, 4.69) is 5.32 Å². The number of hydrogen-bond donors (Lipinski definition) is 1. The second-order valence-corrected chi connectivity index (χ2v) is 13.2. The minimum absolute atomic E-state index is 0.0464. The third kappa shape index (κ3) is 8.07. The molecule has 4 aromatic carbocycles. The second kappa shape index (κ2) is 14.6. The fraction of sp³-hybridized carbons (Fsp3) is 0.257. The quantitative estimate of drug-likeness (QED) is 0.201. The second-order valence-electron chi connectivity index (χ2n) is 10.9. The number of halogens is 1. The molecule has 44 heavy (non-hydrogen) atoms. The van der Waals surface area contributed by atoms with Crippen molar-refractivity contribution < 1.29 is 18.0 Å². The van der Waals surface area contributed by atoms with Crippen LogP contribution < -0.4 is 9.62 Å². The molecule has 1 atom stereocenters. The highest BCUT2D eigenvalue weighted by molar-refractivity contribution is 7.92. The van der Waals surface area contributed by atoms with E-state index < -0.39 is 28.5 Å². The maximum atomic E-state index is 14.5. The maximum absolute atomic E-state index is 14.5. The van der Waals surface area contributed by atoms with Crippen LogP contribution in [-0.2, 0) is 32.6 Å². The van der Waals surface area contributed by atoms with Crippen molar-refractivity contribution in [1.82, 2.24) is 10.2 Å². The molecule has 0 saturated carbocycles. The molecule has 0 saturated heterocycles. The Morgan fingerprint density at radius 1 is 0.818 bits per heavy atom. The van der Waals surface area contributed by atoms with Gasteiger partial charge in [-0.1, -0.05) is 95.5 Å². The molecule has 0 bridgehead atoms. The van der Waals surface area contributed by atoms with Gasteiger partial charge in [0.15, 0.2) is 0 Å². The minimum atomic E-state index is -4.21. The molecule has 0 spiro atoms. The Labute approximate surface area is 265 Å². The summed E-state index contributed by atoms with van der Waals surface area (Å²) in [5, 5.41) is 3.22. The van der Waals surface area contributed by atoms with E-state index in [1.54, 1.807) is 37.3 Å². The molecule has 7 nitrogen and oxygen atoms in total. The average Bonchev–Trinajstić information content (AvgIpc) is 2.99. The summed E-state index contributed by atoms with van der Waals surface area (Å²) in [7, 11) is -4.21. The number of nitrogens with one attached hydrogen (secondary N) is 1. The SMILES string of the molecule is CCNC(=O)[C@H](Cc1ccccc1)N(Cc1cccc(C)c1)C(=O)CN(c1cc(Cl)ccc1C)S(=O)(=O)c1ccc(C)cc1. The van der Waals surface area contributed by atoms with Crippen molar-refractivity contribution in [2.24, 2.45) is 0 Å². The first-order chi connectivity index (χ1) is 21.0. The summed E-state index contributed by atoms with van der Waals surface area (Å²) in [6, 6.07) is 27.7. The number of carbonyl (C=O) groups excluding carboxylic acids is 2. The molecule has 0 heterocycles. The first-order valence-electron chi connectivity index (χ1n) is 14.5. The Morgan fingerprint density at radius 2 is 1.50 bits per heavy atom. The van der Waals surface area contributed by atoms with Gasteiger partial charge in [-0.2, -0.15) is 0 Å². The average molecular weight is 632 g/mol. The van der Waals surface area contributed by atoms with Crippen LogP contribution in [0.3, 0.4) is 0 Å². The zero-order valence-corrected chi connectivity index (χ0v) is 27.0. The number of aryl methyl sites for hydroxylation is 3. The number of rotatable bonds is 12. The van der Waals surface area contributed by atoms with Crippen molar-refractivity contribution in [3.05, 3.63) is 130 Å². The minimum Gasteiger partial charge on any atom is -0.355 e. The smallest absolute Gasteiger partial charge is 0.264 e. The van der Waals surface area contributed by atoms with Crippen LogP contribution in [0.5, 0.6) is 0 Å². The third-order valence-electron chi connectivity index (χ3n) is 7.39. The van der Waals surface area contributed by atoms with Crippen molar-refractivity contribution in [2.75, 3.05) is 17.4 Å². The molecule has 0 aliphatic rings. The number of carbonyl (C=O) groups is 2. The van der Waals surface area contributed by atoms with Gasteiger partial charge in [0, 0.05) is 24.5 Å². The highest BCUT2D eigenvalue weighted by Gasteiger charge is 2.35. The number of benzene rings is 4. The number of sulfonamides is 1. The van der Waals surface area contributed by atoms with E-state index in [0.29, 0.717) is 22.8 Å². The molecule has 0 aromatic heterocycles. The van der Waals surface area contributed by atoms with Gasteiger partial charge in [-0.25, -0.2) is 8.42 Å². The highest BCUT2D eigenvalue weighted by Crippen LogP contribution is 2.30. The van der Waals surface area contributed by atoms with Crippen LogP contribution >= 0.6 is 11.6 Å². The Balaban J connectivity index is 1.83. The maximum Gasteiger partial charge on any atom is 0.264 e. The molecule has 4 aromatic rings. The van der Waals surface area contributed by atoms with Gasteiger partial charge >= 0.3 is 0 Å². The molecular weight excluding hydrogens is 594 g/mol. The summed E-state index contributed by atoms with van der Waals surface area (Å²) in [5.74, 6) is -0.835. The van der Waals surface area contributed by atoms with Crippen LogP contribution in [0, 0.1) is 20.8 Å².